The van der Waals surface area contributed by atoms with E-state index in [0.29, 0.717) is 21.7 Å². The topological polar surface area (TPSA) is 103 Å². The summed E-state index contributed by atoms with van der Waals surface area (Å²) in [5.74, 6) is -0.208. The van der Waals surface area contributed by atoms with E-state index in [-0.39, 0.29) is 11.7 Å². The van der Waals surface area contributed by atoms with Crippen LogP contribution in [0.1, 0.15) is 11.1 Å². The molecule has 0 fully saturated rings. The maximum absolute atomic E-state index is 12.5. The quantitative estimate of drug-likeness (QED) is 0.152. The van der Waals surface area contributed by atoms with Crippen molar-refractivity contribution in [1.29, 1.82) is 0 Å². The molecule has 2 heterocycles. The monoisotopic (exact) mass is 562 g/mol. The number of nitrogens with zero attached hydrogens (tertiary/aromatic N) is 7. The van der Waals surface area contributed by atoms with E-state index in [4.69, 9.17) is 28.3 Å². The summed E-state index contributed by atoms with van der Waals surface area (Å²) in [6.45, 7) is 0.447. The van der Waals surface area contributed by atoms with Crippen molar-refractivity contribution in [2.75, 3.05) is 5.75 Å². The highest BCUT2D eigenvalue weighted by Crippen LogP contribution is 2.24. The van der Waals surface area contributed by atoms with Crippen molar-refractivity contribution in [2.45, 2.75) is 11.7 Å². The average molecular weight is 563 g/mol. The van der Waals surface area contributed by atoms with Gasteiger partial charge in [0.25, 0.3) is 5.91 Å². The van der Waals surface area contributed by atoms with Gasteiger partial charge < -0.3 is 0 Å². The number of benzene rings is 3. The predicted molar refractivity (Wildman–Crippen MR) is 149 cm³/mol. The van der Waals surface area contributed by atoms with Crippen LogP contribution >= 0.6 is 35.0 Å². The molecular formula is C26H20Cl2N8OS. The number of hydrogen-bond donors (Lipinski definition) is 1. The van der Waals surface area contributed by atoms with E-state index >= 15 is 0 Å². The number of nitrogens with one attached hydrogen (secondary N) is 1. The zero-order chi connectivity index (χ0) is 26.3. The van der Waals surface area contributed by atoms with Crippen LogP contribution in [0.2, 0.25) is 10.0 Å². The van der Waals surface area contributed by atoms with Gasteiger partial charge in [0.2, 0.25) is 5.16 Å². The molecule has 12 heteroatoms. The maximum Gasteiger partial charge on any atom is 0.250 e. The first kappa shape index (κ1) is 25.7. The van der Waals surface area contributed by atoms with Crippen LogP contribution in [-0.4, -0.2) is 47.9 Å². The molecule has 0 saturated carbocycles. The number of amides is 1. The number of hydrazone groups is 1. The van der Waals surface area contributed by atoms with Crippen LogP contribution in [0.4, 0.5) is 0 Å². The summed E-state index contributed by atoms with van der Waals surface area (Å²) in [6, 6.07) is 24.6. The third-order valence-electron chi connectivity index (χ3n) is 5.35. The van der Waals surface area contributed by atoms with Gasteiger partial charge in [-0.2, -0.15) is 14.9 Å². The second kappa shape index (κ2) is 12.0. The van der Waals surface area contributed by atoms with Crippen LogP contribution in [0.5, 0.6) is 0 Å². The van der Waals surface area contributed by atoms with E-state index in [9.17, 15) is 4.79 Å². The first-order valence-corrected chi connectivity index (χ1v) is 13.2. The molecule has 1 N–H and O–H groups in total. The van der Waals surface area contributed by atoms with Crippen molar-refractivity contribution in [3.63, 3.8) is 0 Å². The fourth-order valence-corrected chi connectivity index (χ4v) is 4.74. The second-order valence-corrected chi connectivity index (χ2v) is 9.81. The maximum atomic E-state index is 12.5. The number of carbonyl (C=O) groups is 1. The van der Waals surface area contributed by atoms with E-state index in [0.717, 1.165) is 28.1 Å². The van der Waals surface area contributed by atoms with Crippen LogP contribution in [0.3, 0.4) is 0 Å². The van der Waals surface area contributed by atoms with Crippen molar-refractivity contribution in [1.82, 2.24) is 35.4 Å². The second-order valence-electron chi connectivity index (χ2n) is 8.02. The highest BCUT2D eigenvalue weighted by atomic mass is 35.5. The SMILES string of the molecule is O=C(CSc1nnnn1-c1ccccc1)N/N=C\c1cn(Cc2ccc(Cl)cc2Cl)nc1-c1ccccc1. The fraction of sp³-hybridized carbons (Fsp3) is 0.0769. The zero-order valence-corrected chi connectivity index (χ0v) is 22.1. The fourth-order valence-electron chi connectivity index (χ4n) is 3.59. The number of hydrogen-bond acceptors (Lipinski definition) is 7. The van der Waals surface area contributed by atoms with Gasteiger partial charge in [-0.05, 0) is 40.3 Å². The number of thioether (sulfide) groups is 1. The van der Waals surface area contributed by atoms with E-state index in [1.165, 1.54) is 11.8 Å². The van der Waals surface area contributed by atoms with Crippen LogP contribution in [0.25, 0.3) is 16.9 Å². The van der Waals surface area contributed by atoms with Gasteiger partial charge in [0.05, 0.1) is 24.2 Å². The Morgan fingerprint density at radius 3 is 2.55 bits per heavy atom. The molecule has 0 aliphatic rings. The molecule has 9 nitrogen and oxygen atoms in total. The summed E-state index contributed by atoms with van der Waals surface area (Å²) in [6.07, 6.45) is 3.43. The standard InChI is InChI=1S/C26H20Cl2N8OS/c27-21-12-11-19(23(28)13-21)15-35-16-20(25(32-35)18-7-3-1-4-8-18)14-29-30-24(37)17-38-26-31-33-34-36(26)22-9-5-2-6-10-22/h1-14,16H,15,17H2,(H,30,37)/b29-14-. The Morgan fingerprint density at radius 1 is 1.03 bits per heavy atom. The average Bonchev–Trinajstić information content (AvgIpc) is 3.57. The third kappa shape index (κ3) is 6.28. The van der Waals surface area contributed by atoms with E-state index in [2.05, 4.69) is 26.1 Å². The first-order chi connectivity index (χ1) is 18.6. The van der Waals surface area contributed by atoms with Gasteiger partial charge in [0, 0.05) is 27.4 Å². The Hall–Kier alpha value is -3.99. The molecule has 0 aliphatic carbocycles. The molecule has 38 heavy (non-hydrogen) atoms. The van der Waals surface area contributed by atoms with E-state index < -0.39 is 0 Å². The molecule has 5 rings (SSSR count). The van der Waals surface area contributed by atoms with Gasteiger partial charge in [-0.25, -0.2) is 5.43 Å². The molecule has 1 amide bonds. The van der Waals surface area contributed by atoms with Gasteiger partial charge in [0.15, 0.2) is 0 Å². The lowest BCUT2D eigenvalue weighted by atomic mass is 10.1. The number of tetrazole rings is 1. The first-order valence-electron chi connectivity index (χ1n) is 11.4. The summed E-state index contributed by atoms with van der Waals surface area (Å²) in [5.41, 5.74) is 6.64. The van der Waals surface area contributed by atoms with E-state index in [1.807, 2.05) is 72.9 Å². The summed E-state index contributed by atoms with van der Waals surface area (Å²) < 4.78 is 3.36. The molecule has 3 aromatic carbocycles. The Kier molecular flexibility index (Phi) is 8.12. The van der Waals surface area contributed by atoms with Gasteiger partial charge in [0.1, 0.15) is 5.69 Å². The van der Waals surface area contributed by atoms with Crippen molar-refractivity contribution in [3.05, 3.63) is 106 Å². The molecule has 0 unspecified atom stereocenters. The molecule has 0 saturated heterocycles. The molecule has 0 radical (unpaired) electrons. The molecule has 0 spiro atoms. The summed E-state index contributed by atoms with van der Waals surface area (Å²) >= 11 is 13.6. The van der Waals surface area contributed by atoms with Gasteiger partial charge in [-0.15, -0.1) is 5.10 Å². The Balaban J connectivity index is 1.27. The van der Waals surface area contributed by atoms with Crippen LogP contribution in [0.15, 0.2) is 95.3 Å². The zero-order valence-electron chi connectivity index (χ0n) is 19.8. The summed E-state index contributed by atoms with van der Waals surface area (Å²) in [5, 5.41) is 22.3. The number of halogens is 2. The minimum absolute atomic E-state index is 0.0877. The largest absolute Gasteiger partial charge is 0.272 e. The highest BCUT2D eigenvalue weighted by molar-refractivity contribution is 7.99. The van der Waals surface area contributed by atoms with Crippen LogP contribution in [0, 0.1) is 0 Å². The van der Waals surface area contributed by atoms with E-state index in [1.54, 1.807) is 27.7 Å². The Labute approximate surface area is 232 Å². The lowest BCUT2D eigenvalue weighted by Crippen LogP contribution is -2.20. The van der Waals surface area contributed by atoms with Gasteiger partial charge in [-0.1, -0.05) is 89.6 Å². The predicted octanol–water partition coefficient (Wildman–Crippen LogP) is 5.12. The van der Waals surface area contributed by atoms with Crippen molar-refractivity contribution >= 4 is 47.1 Å². The van der Waals surface area contributed by atoms with Crippen molar-refractivity contribution in [2.24, 2.45) is 5.10 Å². The smallest absolute Gasteiger partial charge is 0.250 e. The van der Waals surface area contributed by atoms with Crippen LogP contribution < -0.4 is 5.43 Å². The van der Waals surface area contributed by atoms with Crippen molar-refractivity contribution < 1.29 is 4.79 Å². The third-order valence-corrected chi connectivity index (χ3v) is 6.86. The normalized spacial score (nSPS) is 11.2. The lowest BCUT2D eigenvalue weighted by Gasteiger charge is -2.05. The molecule has 0 aliphatic heterocycles. The Morgan fingerprint density at radius 2 is 1.79 bits per heavy atom. The highest BCUT2D eigenvalue weighted by Gasteiger charge is 2.13. The molecule has 0 bridgehead atoms. The Bertz CT molecular complexity index is 1570. The number of rotatable bonds is 9. The summed E-state index contributed by atoms with van der Waals surface area (Å²) in [7, 11) is 0. The number of aromatic nitrogens is 6. The molecular weight excluding hydrogens is 543 g/mol. The lowest BCUT2D eigenvalue weighted by molar-refractivity contribution is -0.118. The number of carbonyl (C=O) groups excluding carboxylic acids is 1. The molecule has 2 aromatic heterocycles. The molecule has 190 valence electrons. The minimum atomic E-state index is -0.296. The van der Waals surface area contributed by atoms with Crippen LogP contribution in [-0.2, 0) is 11.3 Å². The molecule has 0 atom stereocenters. The van der Waals surface area contributed by atoms with Gasteiger partial charge >= 0.3 is 0 Å². The van der Waals surface area contributed by atoms with Crippen molar-refractivity contribution in [3.8, 4) is 16.9 Å². The minimum Gasteiger partial charge on any atom is -0.272 e. The van der Waals surface area contributed by atoms with Gasteiger partial charge in [-0.3, -0.25) is 9.48 Å². The summed E-state index contributed by atoms with van der Waals surface area (Å²) in [4.78, 5) is 12.5. The number of para-hydroxylation sites is 1. The molecule has 5 aromatic rings.